The molecular weight excluding hydrogens is 1540 g/mol. The van der Waals surface area contributed by atoms with Gasteiger partial charge in [0, 0.05) is 56.2 Å². The average Bonchev–Trinajstić information content (AvgIpc) is 1.72. The molecule has 37 nitrogen and oxygen atoms in total. The predicted molar refractivity (Wildman–Crippen MR) is 420 cm³/mol. The van der Waals surface area contributed by atoms with Crippen LogP contribution in [-0.4, -0.2) is 270 Å². The molecule has 14 atom stereocenters. The molecule has 3 fully saturated rings. The third kappa shape index (κ3) is 28.5. The Morgan fingerprint density at radius 3 is 1.90 bits per heavy atom. The van der Waals surface area contributed by atoms with Gasteiger partial charge in [-0.15, -0.1) is 0 Å². The van der Waals surface area contributed by atoms with Gasteiger partial charge in [0.2, 0.25) is 65.0 Å². The standard InChI is InChI=1S/C76H102N16O21S2/c1-40(2)28-56(80-61(97)37-90(27-25-77)42(4)36-91-35-41(3)66(103)89-76(91)113)75(112)92-26-9-12-59(92)73(110)86-57-38-114-115-39-58(72(109)84-53(68(105)81-51(65(78)102)32-62(98)99)30-44-13-19-48(20-14-44)47-10-7-6-8-11-47)87-74(111)64(43(5)93)88-60(96)34-79-67(104)52(29-45-15-21-49(94)22-16-45)82-69(106)54(31-46-17-23-50(95)24-18-46)83-70(107)55(33-63(100)101)85-71(57)108/h6-8,10-11,13-24,40-41,43,51-59,64,70,74,83,87,93-95,107,111H,4,9,12,25-39,77H2,1-3,5H3,(H2,78,102)(H,79,104)(H,80,97)(H,81,105)(H,82,106)(H,84,109)(H,85,108)(H,86,110)(H,88,96)(H,98,99)(H,100,101)(H,89,103,113)/t41?,43?,51-,52-,53-,54-,55-,56-,57-,58-,59-,64-,70-,74-/m0/s1. The highest BCUT2D eigenvalue weighted by Gasteiger charge is 2.42. The maximum atomic E-state index is 15.2. The summed E-state index contributed by atoms with van der Waals surface area (Å²) in [5.74, 6) is -15.8. The number of aliphatic hydroxyl groups excluding tert-OH is 3. The van der Waals surface area contributed by atoms with Crippen LogP contribution in [0, 0.1) is 11.8 Å². The lowest BCUT2D eigenvalue weighted by atomic mass is 9.99. The molecule has 0 spiro atoms. The first-order valence-electron chi connectivity index (χ1n) is 37.2. The lowest BCUT2D eigenvalue weighted by Crippen LogP contribution is -2.62. The average molecular weight is 1640 g/mol. The number of benzene rings is 4. The summed E-state index contributed by atoms with van der Waals surface area (Å²) in [6, 6.07) is 9.59. The minimum Gasteiger partial charge on any atom is -0.508 e. The zero-order chi connectivity index (χ0) is 84.3. The van der Waals surface area contributed by atoms with Crippen LogP contribution < -0.4 is 70.0 Å². The van der Waals surface area contributed by atoms with Crippen LogP contribution in [0.1, 0.15) is 76.5 Å². The van der Waals surface area contributed by atoms with Crippen molar-refractivity contribution in [2.24, 2.45) is 23.3 Å². The Hall–Kier alpha value is -10.9. The molecule has 0 aromatic heterocycles. The van der Waals surface area contributed by atoms with Crippen LogP contribution in [0.3, 0.4) is 0 Å². The molecule has 3 aliphatic rings. The third-order valence-electron chi connectivity index (χ3n) is 19.0. The van der Waals surface area contributed by atoms with Crippen molar-refractivity contribution in [3.05, 3.63) is 132 Å². The number of hydrogen-bond acceptors (Lipinski definition) is 25. The lowest BCUT2D eigenvalue weighted by molar-refractivity contribution is -0.142. The van der Waals surface area contributed by atoms with E-state index in [1.54, 1.807) is 45.0 Å². The number of nitrogens with zero attached hydrogens (tertiary/aromatic N) is 3. The fraction of sp³-hybridized carbons (Fsp3) is 0.474. The normalized spacial score (nSPS) is 22.7. The first-order chi connectivity index (χ1) is 54.5. The van der Waals surface area contributed by atoms with Gasteiger partial charge in [0.1, 0.15) is 60.2 Å². The van der Waals surface area contributed by atoms with Crippen molar-refractivity contribution in [3.8, 4) is 22.6 Å². The van der Waals surface area contributed by atoms with Crippen LogP contribution in [0.5, 0.6) is 11.5 Å². The number of aliphatic carboxylic acids is 2. The van der Waals surface area contributed by atoms with Gasteiger partial charge in [-0.3, -0.25) is 78.3 Å². The number of aliphatic hydroxyl groups is 3. The smallest absolute Gasteiger partial charge is 0.324 e. The van der Waals surface area contributed by atoms with Gasteiger partial charge in [-0.05, 0) is 90.6 Å². The minimum absolute atomic E-state index is 0.000207. The number of urea groups is 1. The molecule has 2 unspecified atom stereocenters. The van der Waals surface area contributed by atoms with E-state index in [4.69, 9.17) is 11.5 Å². The quantitative estimate of drug-likeness (QED) is 0.0232. The Bertz CT molecular complexity index is 4100. The number of primary amides is 1. The molecule has 0 aliphatic carbocycles. The molecule has 0 bridgehead atoms. The minimum atomic E-state index is -2.19. The number of carbonyl (C=O) groups is 14. The second kappa shape index (κ2) is 44.1. The monoisotopic (exact) mass is 1640 g/mol. The lowest BCUT2D eigenvalue weighted by Gasteiger charge is -2.34. The van der Waals surface area contributed by atoms with E-state index in [0.717, 1.165) is 39.6 Å². The summed E-state index contributed by atoms with van der Waals surface area (Å²) in [6.07, 6.45) is -8.79. The van der Waals surface area contributed by atoms with Gasteiger partial charge in [0.25, 0.3) is 0 Å². The highest BCUT2D eigenvalue weighted by Crippen LogP contribution is 2.27. The molecule has 4 aromatic rings. The maximum Gasteiger partial charge on any atom is 0.324 e. The van der Waals surface area contributed by atoms with E-state index in [1.807, 2.05) is 30.3 Å². The molecule has 4 aromatic carbocycles. The van der Waals surface area contributed by atoms with E-state index in [9.17, 15) is 88.5 Å². The Morgan fingerprint density at radius 1 is 0.687 bits per heavy atom. The number of phenols is 2. The molecule has 13 amide bonds. The van der Waals surface area contributed by atoms with Crippen LogP contribution in [0.2, 0.25) is 0 Å². The second-order valence-electron chi connectivity index (χ2n) is 28.7. The van der Waals surface area contributed by atoms with Crippen molar-refractivity contribution < 1.29 is 103 Å². The van der Waals surface area contributed by atoms with Crippen molar-refractivity contribution in [2.75, 3.05) is 57.3 Å². The van der Waals surface area contributed by atoms with E-state index < -0.39 is 199 Å². The van der Waals surface area contributed by atoms with Crippen LogP contribution in [0.4, 0.5) is 4.79 Å². The molecule has 0 saturated carbocycles. The fourth-order valence-electron chi connectivity index (χ4n) is 12.9. The van der Waals surface area contributed by atoms with E-state index >= 15 is 14.4 Å². The van der Waals surface area contributed by atoms with Crippen molar-refractivity contribution in [1.82, 2.24) is 73.2 Å². The van der Waals surface area contributed by atoms with Gasteiger partial charge in [0.15, 0.2) is 0 Å². The van der Waals surface area contributed by atoms with Crippen LogP contribution in [-0.2, 0) is 81.6 Å². The van der Waals surface area contributed by atoms with Crippen LogP contribution >= 0.6 is 21.6 Å². The van der Waals surface area contributed by atoms with E-state index in [0.29, 0.717) is 22.4 Å². The molecule has 0 radical (unpaired) electrons. The number of carboxylic acids is 2. The summed E-state index contributed by atoms with van der Waals surface area (Å²) in [7, 11) is 1.56. The van der Waals surface area contributed by atoms with E-state index in [-0.39, 0.29) is 95.2 Å². The summed E-state index contributed by atoms with van der Waals surface area (Å²) >= 11 is 0. The summed E-state index contributed by atoms with van der Waals surface area (Å²) in [6.45, 7) is 9.25. The van der Waals surface area contributed by atoms with E-state index in [1.165, 1.54) is 63.2 Å². The van der Waals surface area contributed by atoms with Gasteiger partial charge < -0.3 is 104 Å². The molecule has 3 heterocycles. The molecule has 3 aliphatic heterocycles. The molecule has 22 N–H and O–H groups in total. The summed E-state index contributed by atoms with van der Waals surface area (Å²) < 4.78 is 0. The Kier molecular flexibility index (Phi) is 35.0. The van der Waals surface area contributed by atoms with Gasteiger partial charge in [0.05, 0.1) is 68.7 Å². The molecule has 39 heteroatoms. The second-order valence-corrected chi connectivity index (χ2v) is 31.3. The van der Waals surface area contributed by atoms with Crippen molar-refractivity contribution >= 4 is 105 Å². The molecular formula is C76H102N16O21S2. The SMILES string of the molecule is C=C(CN1CC(C)C(=O)NC1=O)N(CCN)CC(=O)N[C@@H](CC(C)C)C(=O)N1CCC[C@H]1C(=O)N[C@H]1CSSC[C@@H](C(=O)N[C@@H](Cc2ccc(-c3ccccc3)cc2)C(=O)N[C@@H](CC(=O)O)C(N)=O)N[C@@H](O)[C@H](C(C)O)NC(=O)CNC(=O)[C@H](Cc2ccc(O)cc2)NC(=O)[C@H](Cc2ccc(O)cc2)N[C@@H](O)[C@H](CC(=O)O)NC1=O. The molecule has 115 heavy (non-hydrogen) atoms. The van der Waals surface area contributed by atoms with Crippen molar-refractivity contribution in [1.29, 1.82) is 0 Å². The highest BCUT2D eigenvalue weighted by molar-refractivity contribution is 8.76. The highest BCUT2D eigenvalue weighted by atomic mass is 33.1. The molecule has 624 valence electrons. The topological polar surface area (TPSA) is 575 Å². The van der Waals surface area contributed by atoms with Gasteiger partial charge in [-0.25, -0.2) is 4.79 Å². The largest absolute Gasteiger partial charge is 0.508 e. The zero-order valence-corrected chi connectivity index (χ0v) is 65.5. The number of carboxylic acid groups (broad SMARTS) is 2. The zero-order valence-electron chi connectivity index (χ0n) is 63.9. The van der Waals surface area contributed by atoms with Crippen LogP contribution in [0.25, 0.3) is 11.1 Å². The summed E-state index contributed by atoms with van der Waals surface area (Å²) in [5.41, 5.74) is 14.5. The number of likely N-dealkylation sites (tertiary alicyclic amines) is 1. The molecule has 3 saturated heterocycles. The van der Waals surface area contributed by atoms with Crippen molar-refractivity contribution in [3.63, 3.8) is 0 Å². The number of imide groups is 1. The fourth-order valence-corrected chi connectivity index (χ4v) is 15.2. The number of amides is 13. The Morgan fingerprint density at radius 2 is 1.30 bits per heavy atom. The van der Waals surface area contributed by atoms with Crippen LogP contribution in [0.15, 0.2) is 115 Å². The number of nitrogens with two attached hydrogens (primary N) is 2. The number of hydrogen-bond donors (Lipinski definition) is 20. The first-order valence-corrected chi connectivity index (χ1v) is 39.7. The predicted octanol–water partition coefficient (Wildman–Crippen LogP) is -2.93. The summed E-state index contributed by atoms with van der Waals surface area (Å²) in [5, 5.41) is 104. The number of rotatable bonds is 30. The third-order valence-corrected chi connectivity index (χ3v) is 21.4. The van der Waals surface area contributed by atoms with Gasteiger partial charge in [-0.2, -0.15) is 0 Å². The van der Waals surface area contributed by atoms with Crippen molar-refractivity contribution in [2.45, 2.75) is 158 Å². The number of carbonyl (C=O) groups excluding carboxylic acids is 12. The van der Waals surface area contributed by atoms with Gasteiger partial charge >= 0.3 is 18.0 Å². The number of nitrogens with one attached hydrogen (secondary N) is 11. The Balaban J connectivity index is 1.25. The first kappa shape index (κ1) is 91.2. The number of phenolic OH excluding ortho intramolecular Hbond substituents is 2. The number of aromatic hydroxyl groups is 2. The van der Waals surface area contributed by atoms with Gasteiger partial charge in [-0.1, -0.05) is 128 Å². The molecule has 7 rings (SSSR count). The summed E-state index contributed by atoms with van der Waals surface area (Å²) in [4.78, 5) is 198. The van der Waals surface area contributed by atoms with E-state index in [2.05, 4.69) is 65.1 Å². The Labute approximate surface area is 670 Å². The maximum absolute atomic E-state index is 15.2.